The van der Waals surface area contributed by atoms with Crippen molar-refractivity contribution in [2.45, 2.75) is 19.1 Å². The summed E-state index contributed by atoms with van der Waals surface area (Å²) in [5, 5.41) is 7.04. The number of aromatic nitrogens is 3. The van der Waals surface area contributed by atoms with Gasteiger partial charge in [-0.3, -0.25) is 4.79 Å². The van der Waals surface area contributed by atoms with Gasteiger partial charge in [-0.15, -0.1) is 0 Å². The summed E-state index contributed by atoms with van der Waals surface area (Å²) in [7, 11) is 0. The molecule has 2 heterocycles. The van der Waals surface area contributed by atoms with E-state index in [1.165, 1.54) is 12.3 Å². The molecule has 7 nitrogen and oxygen atoms in total. The number of rotatable bonds is 6. The van der Waals surface area contributed by atoms with Crippen LogP contribution in [0, 0.1) is 0 Å². The lowest BCUT2D eigenvalue weighted by Gasteiger charge is -2.11. The van der Waals surface area contributed by atoms with Crippen LogP contribution in [0.25, 0.3) is 11.5 Å². The molecule has 0 fully saturated rings. The van der Waals surface area contributed by atoms with Crippen molar-refractivity contribution < 1.29 is 27.2 Å². The smallest absolute Gasteiger partial charge is 0.422 e. The number of carbonyl (C=O) groups is 1. The number of hydrogen-bond donors (Lipinski definition) is 1. The number of nitrogens with zero attached hydrogens (tertiary/aromatic N) is 3. The van der Waals surface area contributed by atoms with E-state index in [0.717, 1.165) is 6.07 Å². The third-order valence-corrected chi connectivity index (χ3v) is 3.90. The molecule has 1 aromatic carbocycles. The lowest BCUT2D eigenvalue weighted by molar-refractivity contribution is -0.154. The summed E-state index contributed by atoms with van der Waals surface area (Å²) in [6.07, 6.45) is -3.33. The van der Waals surface area contributed by atoms with Gasteiger partial charge in [-0.2, -0.15) is 18.2 Å². The van der Waals surface area contributed by atoms with E-state index in [1.54, 1.807) is 31.2 Å². The molecule has 1 amide bonds. The molecule has 0 spiro atoms. The first kappa shape index (κ1) is 20.6. The highest BCUT2D eigenvalue weighted by atomic mass is 35.5. The number of pyridine rings is 1. The molecule has 2 aromatic heterocycles. The number of ether oxygens (including phenoxy) is 1. The van der Waals surface area contributed by atoms with Gasteiger partial charge >= 0.3 is 6.18 Å². The summed E-state index contributed by atoms with van der Waals surface area (Å²) >= 11 is 5.84. The minimum atomic E-state index is -4.51. The maximum Gasteiger partial charge on any atom is 0.422 e. The fourth-order valence-electron chi connectivity index (χ4n) is 2.25. The molecule has 152 valence electrons. The number of amides is 1. The molecule has 0 aliphatic carbocycles. The van der Waals surface area contributed by atoms with E-state index < -0.39 is 24.7 Å². The van der Waals surface area contributed by atoms with E-state index in [-0.39, 0.29) is 23.2 Å². The minimum absolute atomic E-state index is 0.0745. The summed E-state index contributed by atoms with van der Waals surface area (Å²) in [5.74, 6) is -0.391. The number of carbonyl (C=O) groups excluding carboxylic acids is 1. The lowest BCUT2D eigenvalue weighted by atomic mass is 10.2. The third-order valence-electron chi connectivity index (χ3n) is 3.65. The molecule has 0 saturated heterocycles. The van der Waals surface area contributed by atoms with E-state index >= 15 is 0 Å². The van der Waals surface area contributed by atoms with Crippen LogP contribution in [-0.2, 0) is 0 Å². The lowest BCUT2D eigenvalue weighted by Crippen LogP contribution is -2.27. The average molecular weight is 427 g/mol. The molecule has 29 heavy (non-hydrogen) atoms. The van der Waals surface area contributed by atoms with Gasteiger partial charge in [0.25, 0.3) is 11.8 Å². The Morgan fingerprint density at radius 1 is 1.28 bits per heavy atom. The fourth-order valence-corrected chi connectivity index (χ4v) is 2.38. The first-order chi connectivity index (χ1) is 13.7. The number of halogens is 4. The molecule has 0 radical (unpaired) electrons. The normalized spacial score (nSPS) is 12.4. The summed E-state index contributed by atoms with van der Waals surface area (Å²) in [5.41, 5.74) is 0.734. The summed E-state index contributed by atoms with van der Waals surface area (Å²) < 4.78 is 46.5. The van der Waals surface area contributed by atoms with Crippen LogP contribution in [0.3, 0.4) is 0 Å². The molecular weight excluding hydrogens is 413 g/mol. The van der Waals surface area contributed by atoms with Crippen LogP contribution in [0.1, 0.15) is 29.1 Å². The van der Waals surface area contributed by atoms with Gasteiger partial charge < -0.3 is 14.6 Å². The van der Waals surface area contributed by atoms with E-state index in [2.05, 4.69) is 25.2 Å². The second-order valence-corrected chi connectivity index (χ2v) is 6.38. The number of alkyl halides is 3. The van der Waals surface area contributed by atoms with Crippen LogP contribution < -0.4 is 10.1 Å². The number of benzene rings is 1. The van der Waals surface area contributed by atoms with Gasteiger partial charge in [-0.05, 0) is 37.3 Å². The van der Waals surface area contributed by atoms with E-state index in [4.69, 9.17) is 16.1 Å². The Hall–Kier alpha value is -3.14. The minimum Gasteiger partial charge on any atom is -0.468 e. The van der Waals surface area contributed by atoms with Crippen molar-refractivity contribution in [1.82, 2.24) is 20.4 Å². The second kappa shape index (κ2) is 8.48. The van der Waals surface area contributed by atoms with Crippen LogP contribution in [0.2, 0.25) is 5.02 Å². The van der Waals surface area contributed by atoms with Gasteiger partial charge in [-0.25, -0.2) is 4.98 Å². The number of hydrogen-bond acceptors (Lipinski definition) is 6. The zero-order chi connectivity index (χ0) is 21.0. The molecule has 0 bridgehead atoms. The van der Waals surface area contributed by atoms with Gasteiger partial charge in [0, 0.05) is 28.4 Å². The van der Waals surface area contributed by atoms with Gasteiger partial charge in [0.15, 0.2) is 12.4 Å². The summed E-state index contributed by atoms with van der Waals surface area (Å²) in [4.78, 5) is 20.3. The quantitative estimate of drug-likeness (QED) is 0.634. The van der Waals surface area contributed by atoms with Crippen molar-refractivity contribution in [2.75, 3.05) is 6.61 Å². The van der Waals surface area contributed by atoms with Crippen molar-refractivity contribution in [1.29, 1.82) is 0 Å². The Balaban J connectivity index is 1.65. The standard InChI is InChI=1S/C18H14ClF3N4O3/c1-10(15-25-17(29-26-15)11-2-4-13(19)5-3-11)24-16(27)12-6-7-23-14(8-12)28-9-18(20,21)22/h2-8,10H,9H2,1H3,(H,24,27). The highest BCUT2D eigenvalue weighted by Crippen LogP contribution is 2.22. The fraction of sp³-hybridized carbons (Fsp3) is 0.222. The highest BCUT2D eigenvalue weighted by Gasteiger charge is 2.28. The van der Waals surface area contributed by atoms with Gasteiger partial charge in [0.2, 0.25) is 5.88 Å². The van der Waals surface area contributed by atoms with E-state index in [0.29, 0.717) is 10.6 Å². The molecule has 0 aliphatic heterocycles. The van der Waals surface area contributed by atoms with Gasteiger partial charge in [0.1, 0.15) is 0 Å². The Morgan fingerprint density at radius 2 is 2.00 bits per heavy atom. The monoisotopic (exact) mass is 426 g/mol. The van der Waals surface area contributed by atoms with Crippen molar-refractivity contribution in [3.63, 3.8) is 0 Å². The second-order valence-electron chi connectivity index (χ2n) is 5.95. The van der Waals surface area contributed by atoms with Crippen molar-refractivity contribution in [3.8, 4) is 17.3 Å². The first-order valence-corrected chi connectivity index (χ1v) is 8.65. The Bertz CT molecular complexity index is 993. The van der Waals surface area contributed by atoms with Crippen LogP contribution in [0.15, 0.2) is 47.1 Å². The Labute approximate surface area is 167 Å². The third kappa shape index (κ3) is 5.67. The summed E-state index contributed by atoms with van der Waals surface area (Å²) in [6, 6.07) is 8.60. The SMILES string of the molecule is CC(NC(=O)c1ccnc(OCC(F)(F)F)c1)c1noc(-c2ccc(Cl)cc2)n1. The van der Waals surface area contributed by atoms with E-state index in [1.807, 2.05) is 0 Å². The number of nitrogens with one attached hydrogen (secondary N) is 1. The van der Waals surface area contributed by atoms with Crippen LogP contribution in [-0.4, -0.2) is 33.8 Å². The predicted octanol–water partition coefficient (Wildman–Crippen LogP) is 4.22. The maximum absolute atomic E-state index is 12.4. The van der Waals surface area contributed by atoms with Gasteiger partial charge in [0.05, 0.1) is 6.04 Å². The zero-order valence-electron chi connectivity index (χ0n) is 14.9. The Morgan fingerprint density at radius 3 is 2.69 bits per heavy atom. The first-order valence-electron chi connectivity index (χ1n) is 8.27. The molecule has 3 aromatic rings. The molecule has 0 aliphatic rings. The zero-order valence-corrected chi connectivity index (χ0v) is 15.7. The van der Waals surface area contributed by atoms with Crippen molar-refractivity contribution in [3.05, 3.63) is 59.0 Å². The van der Waals surface area contributed by atoms with Crippen molar-refractivity contribution >= 4 is 17.5 Å². The molecular formula is C18H14ClF3N4O3. The Kier molecular flexibility index (Phi) is 6.02. The average Bonchev–Trinajstić information content (AvgIpc) is 3.17. The molecule has 1 N–H and O–H groups in total. The molecule has 0 saturated carbocycles. The van der Waals surface area contributed by atoms with Crippen LogP contribution in [0.5, 0.6) is 5.88 Å². The topological polar surface area (TPSA) is 90.1 Å². The van der Waals surface area contributed by atoms with E-state index in [9.17, 15) is 18.0 Å². The maximum atomic E-state index is 12.4. The highest BCUT2D eigenvalue weighted by molar-refractivity contribution is 6.30. The molecule has 11 heteroatoms. The van der Waals surface area contributed by atoms with Crippen LogP contribution in [0.4, 0.5) is 13.2 Å². The predicted molar refractivity (Wildman–Crippen MR) is 96.4 cm³/mol. The van der Waals surface area contributed by atoms with Crippen LogP contribution >= 0.6 is 11.6 Å². The van der Waals surface area contributed by atoms with Crippen molar-refractivity contribution in [2.24, 2.45) is 0 Å². The molecule has 3 rings (SSSR count). The van der Waals surface area contributed by atoms with Gasteiger partial charge in [-0.1, -0.05) is 16.8 Å². The summed E-state index contributed by atoms with van der Waals surface area (Å²) in [6.45, 7) is 0.133. The largest absolute Gasteiger partial charge is 0.468 e. The molecule has 1 atom stereocenters. The molecule has 1 unspecified atom stereocenters.